The lowest BCUT2D eigenvalue weighted by Gasteiger charge is -2.12. The zero-order valence-electron chi connectivity index (χ0n) is 16.4. The van der Waals surface area contributed by atoms with Crippen molar-refractivity contribution >= 4 is 17.5 Å². The minimum Gasteiger partial charge on any atom is -0.490 e. The first-order valence-corrected chi connectivity index (χ1v) is 8.98. The minimum absolute atomic E-state index is 0.406. The SMILES string of the molecule is C=CC(=Nc1cc(C)c(C#N)c(NCCOc2ccc(C)nc2)n1)NNCC. The number of amidine groups is 1. The average molecular weight is 379 g/mol. The third-order valence-corrected chi connectivity index (χ3v) is 3.68. The Morgan fingerprint density at radius 3 is 2.86 bits per heavy atom. The van der Waals surface area contributed by atoms with Crippen molar-refractivity contribution in [2.75, 3.05) is 25.0 Å². The number of hydrazine groups is 1. The molecule has 28 heavy (non-hydrogen) atoms. The van der Waals surface area contributed by atoms with Gasteiger partial charge in [-0.2, -0.15) is 5.26 Å². The van der Waals surface area contributed by atoms with Crippen molar-refractivity contribution < 1.29 is 4.74 Å². The zero-order chi connectivity index (χ0) is 20.4. The molecule has 0 aliphatic heterocycles. The van der Waals surface area contributed by atoms with Gasteiger partial charge in [0.15, 0.2) is 5.82 Å². The number of hydrogen-bond donors (Lipinski definition) is 3. The molecule has 2 aromatic heterocycles. The molecule has 0 amide bonds. The van der Waals surface area contributed by atoms with Crippen molar-refractivity contribution in [2.24, 2.45) is 4.99 Å². The molecule has 0 aliphatic carbocycles. The van der Waals surface area contributed by atoms with Crippen LogP contribution in [0.25, 0.3) is 0 Å². The molecule has 146 valence electrons. The van der Waals surface area contributed by atoms with E-state index in [0.29, 0.717) is 41.9 Å². The first kappa shape index (κ1) is 20.9. The van der Waals surface area contributed by atoms with Gasteiger partial charge in [0.1, 0.15) is 30.1 Å². The largest absolute Gasteiger partial charge is 0.490 e. The van der Waals surface area contributed by atoms with Crippen LogP contribution in [0.2, 0.25) is 0 Å². The molecule has 3 N–H and O–H groups in total. The summed E-state index contributed by atoms with van der Waals surface area (Å²) in [7, 11) is 0. The van der Waals surface area contributed by atoms with Crippen molar-refractivity contribution in [1.29, 1.82) is 5.26 Å². The molecule has 0 aromatic carbocycles. The van der Waals surface area contributed by atoms with E-state index in [9.17, 15) is 5.26 Å². The summed E-state index contributed by atoms with van der Waals surface area (Å²) in [4.78, 5) is 13.1. The molecule has 0 saturated heterocycles. The highest BCUT2D eigenvalue weighted by Gasteiger charge is 2.10. The molecule has 0 fully saturated rings. The summed E-state index contributed by atoms with van der Waals surface area (Å²) in [5, 5.41) is 12.6. The Morgan fingerprint density at radius 2 is 2.21 bits per heavy atom. The Morgan fingerprint density at radius 1 is 1.39 bits per heavy atom. The molecule has 2 aromatic rings. The van der Waals surface area contributed by atoms with Gasteiger partial charge in [0.25, 0.3) is 0 Å². The number of hydrogen-bond acceptors (Lipinski definition) is 7. The molecule has 0 atom stereocenters. The van der Waals surface area contributed by atoms with Gasteiger partial charge in [0.2, 0.25) is 0 Å². The summed E-state index contributed by atoms with van der Waals surface area (Å²) in [6.45, 7) is 11.1. The summed E-state index contributed by atoms with van der Waals surface area (Å²) in [6.07, 6.45) is 3.27. The van der Waals surface area contributed by atoms with Crippen LogP contribution in [0.3, 0.4) is 0 Å². The summed E-state index contributed by atoms with van der Waals surface area (Å²) in [6, 6.07) is 7.70. The number of anilines is 1. The second kappa shape index (κ2) is 10.6. The molecule has 0 bridgehead atoms. The maximum atomic E-state index is 9.45. The van der Waals surface area contributed by atoms with Crippen LogP contribution in [0.5, 0.6) is 5.75 Å². The zero-order valence-corrected chi connectivity index (χ0v) is 16.4. The maximum Gasteiger partial charge on any atom is 0.157 e. The summed E-state index contributed by atoms with van der Waals surface area (Å²) < 4.78 is 5.65. The number of aryl methyl sites for hydroxylation is 2. The van der Waals surface area contributed by atoms with E-state index in [1.807, 2.05) is 32.9 Å². The molecule has 2 heterocycles. The number of aromatic nitrogens is 2. The fourth-order valence-corrected chi connectivity index (χ4v) is 2.29. The fourth-order valence-electron chi connectivity index (χ4n) is 2.29. The summed E-state index contributed by atoms with van der Waals surface area (Å²) in [5.41, 5.74) is 8.11. The first-order valence-electron chi connectivity index (χ1n) is 8.98. The highest BCUT2D eigenvalue weighted by atomic mass is 16.5. The van der Waals surface area contributed by atoms with E-state index in [0.717, 1.165) is 17.8 Å². The number of nitrogens with zero attached hydrogens (tertiary/aromatic N) is 4. The second-order valence-corrected chi connectivity index (χ2v) is 5.90. The van der Waals surface area contributed by atoms with E-state index in [1.54, 1.807) is 18.3 Å². The molecule has 2 rings (SSSR count). The van der Waals surface area contributed by atoms with Gasteiger partial charge in [0.05, 0.1) is 18.3 Å². The van der Waals surface area contributed by atoms with Crippen molar-refractivity contribution in [3.05, 3.63) is 53.9 Å². The number of aliphatic imine (C=N–C) groups is 1. The molecule has 8 nitrogen and oxygen atoms in total. The number of rotatable bonds is 9. The number of nitriles is 1. The van der Waals surface area contributed by atoms with Gasteiger partial charge in [-0.3, -0.25) is 4.98 Å². The number of pyridine rings is 2. The average Bonchev–Trinajstić information content (AvgIpc) is 2.69. The molecule has 0 unspecified atom stereocenters. The highest BCUT2D eigenvalue weighted by Crippen LogP contribution is 2.22. The molecule has 0 aliphatic rings. The normalized spacial score (nSPS) is 10.9. The van der Waals surface area contributed by atoms with E-state index >= 15 is 0 Å². The Labute approximate surface area is 165 Å². The van der Waals surface area contributed by atoms with Gasteiger partial charge in [-0.25, -0.2) is 15.4 Å². The molecule has 0 radical (unpaired) electrons. The van der Waals surface area contributed by atoms with Crippen LogP contribution >= 0.6 is 0 Å². The maximum absolute atomic E-state index is 9.45. The van der Waals surface area contributed by atoms with Crippen molar-refractivity contribution in [1.82, 2.24) is 20.8 Å². The van der Waals surface area contributed by atoms with Crippen molar-refractivity contribution in [2.45, 2.75) is 20.8 Å². The smallest absolute Gasteiger partial charge is 0.157 e. The van der Waals surface area contributed by atoms with E-state index in [2.05, 4.69) is 43.8 Å². The van der Waals surface area contributed by atoms with E-state index < -0.39 is 0 Å². The van der Waals surface area contributed by atoms with Gasteiger partial charge >= 0.3 is 0 Å². The third kappa shape index (κ3) is 6.07. The lowest BCUT2D eigenvalue weighted by molar-refractivity contribution is 0.331. The molecular weight excluding hydrogens is 354 g/mol. The summed E-state index contributed by atoms with van der Waals surface area (Å²) in [5.74, 6) is 2.18. The van der Waals surface area contributed by atoms with Gasteiger partial charge < -0.3 is 15.5 Å². The van der Waals surface area contributed by atoms with Gasteiger partial charge in [-0.05, 0) is 43.7 Å². The van der Waals surface area contributed by atoms with Crippen LogP contribution in [0.15, 0.2) is 42.0 Å². The Balaban J connectivity index is 2.08. The molecule has 0 saturated carbocycles. The van der Waals surface area contributed by atoms with Crippen molar-refractivity contribution in [3.63, 3.8) is 0 Å². The lowest BCUT2D eigenvalue weighted by atomic mass is 10.1. The molecule has 0 spiro atoms. The lowest BCUT2D eigenvalue weighted by Crippen LogP contribution is -2.35. The topological polar surface area (TPSA) is 107 Å². The van der Waals surface area contributed by atoms with Crippen molar-refractivity contribution in [3.8, 4) is 11.8 Å². The van der Waals surface area contributed by atoms with E-state index in [4.69, 9.17) is 4.74 Å². The Bertz CT molecular complexity index is 869. The fraction of sp³-hybridized carbons (Fsp3) is 0.300. The van der Waals surface area contributed by atoms with Crippen LogP contribution in [0.4, 0.5) is 11.6 Å². The monoisotopic (exact) mass is 379 g/mol. The Hall–Kier alpha value is -3.44. The predicted molar refractivity (Wildman–Crippen MR) is 111 cm³/mol. The van der Waals surface area contributed by atoms with Gasteiger partial charge in [0, 0.05) is 12.2 Å². The van der Waals surface area contributed by atoms with Crippen LogP contribution in [-0.2, 0) is 0 Å². The molecule has 8 heteroatoms. The van der Waals surface area contributed by atoms with Crippen LogP contribution < -0.4 is 20.9 Å². The minimum atomic E-state index is 0.406. The first-order chi connectivity index (χ1) is 13.6. The van der Waals surface area contributed by atoms with Gasteiger partial charge in [-0.1, -0.05) is 13.5 Å². The number of ether oxygens (including phenoxy) is 1. The second-order valence-electron chi connectivity index (χ2n) is 5.90. The third-order valence-electron chi connectivity index (χ3n) is 3.68. The van der Waals surface area contributed by atoms with Crippen LogP contribution in [-0.4, -0.2) is 35.5 Å². The predicted octanol–water partition coefficient (Wildman–Crippen LogP) is 2.79. The standard InChI is InChI=1S/C20H25N7O/c1-5-18(27-24-6-2)25-19-11-14(3)17(12-21)20(26-19)22-9-10-28-16-8-7-15(4)23-13-16/h5,7-8,11,13,24H,1,6,9-10H2,2-4H3,(H2,22,25,26,27). The van der Waals surface area contributed by atoms with Crippen LogP contribution in [0, 0.1) is 25.2 Å². The van der Waals surface area contributed by atoms with Gasteiger partial charge in [-0.15, -0.1) is 0 Å². The molecular formula is C20H25N7O. The Kier molecular flexibility index (Phi) is 7.93. The van der Waals surface area contributed by atoms with E-state index in [-0.39, 0.29) is 0 Å². The summed E-state index contributed by atoms with van der Waals surface area (Å²) >= 11 is 0. The number of nitrogens with one attached hydrogen (secondary N) is 3. The quantitative estimate of drug-likeness (QED) is 0.266. The highest BCUT2D eigenvalue weighted by molar-refractivity contribution is 5.93. The van der Waals surface area contributed by atoms with Crippen LogP contribution in [0.1, 0.15) is 23.7 Å². The van der Waals surface area contributed by atoms with E-state index in [1.165, 1.54) is 0 Å².